The van der Waals surface area contributed by atoms with E-state index in [4.69, 9.17) is 9.47 Å². The Morgan fingerprint density at radius 3 is 2.61 bits per heavy atom. The highest BCUT2D eigenvalue weighted by molar-refractivity contribution is 6.46. The van der Waals surface area contributed by atoms with Crippen molar-refractivity contribution in [1.82, 2.24) is 9.80 Å². The molecule has 0 aliphatic carbocycles. The highest BCUT2D eigenvalue weighted by Gasteiger charge is 2.46. The van der Waals surface area contributed by atoms with Crippen LogP contribution >= 0.6 is 0 Å². The molecule has 2 aliphatic heterocycles. The molecule has 0 spiro atoms. The molecule has 2 saturated heterocycles. The number of rotatable bonds is 8. The van der Waals surface area contributed by atoms with E-state index in [-0.39, 0.29) is 29.1 Å². The van der Waals surface area contributed by atoms with Crippen molar-refractivity contribution >= 4 is 23.1 Å². The van der Waals surface area contributed by atoms with Crippen LogP contribution in [0.15, 0.2) is 48.0 Å². The number of hydrogen-bond acceptors (Lipinski definition) is 8. The minimum atomic E-state index is -1.07. The number of nitro groups is 1. The number of Topliss-reactive ketones (excluding diaryl/α,β-unsaturated/α-hetero) is 1. The van der Waals surface area contributed by atoms with E-state index in [1.54, 1.807) is 6.07 Å². The fourth-order valence-electron chi connectivity index (χ4n) is 4.52. The van der Waals surface area contributed by atoms with Crippen LogP contribution in [0.5, 0.6) is 5.75 Å². The molecule has 2 heterocycles. The molecule has 2 aromatic rings. The number of amides is 1. The number of benzene rings is 2. The summed E-state index contributed by atoms with van der Waals surface area (Å²) < 4.78 is 24.6. The van der Waals surface area contributed by atoms with Gasteiger partial charge < -0.3 is 19.5 Å². The number of aliphatic hydroxyl groups excluding tert-OH is 1. The number of methoxy groups -OCH3 is 1. The van der Waals surface area contributed by atoms with Crippen molar-refractivity contribution in [2.45, 2.75) is 12.5 Å². The molecule has 36 heavy (non-hydrogen) atoms. The Morgan fingerprint density at radius 2 is 1.94 bits per heavy atom. The van der Waals surface area contributed by atoms with Crippen LogP contribution in [0.25, 0.3) is 5.76 Å². The van der Waals surface area contributed by atoms with Crippen molar-refractivity contribution in [2.75, 3.05) is 46.5 Å². The van der Waals surface area contributed by atoms with Crippen molar-refractivity contribution in [3.63, 3.8) is 0 Å². The number of non-ortho nitro benzene ring substituents is 1. The lowest BCUT2D eigenvalue weighted by atomic mass is 9.95. The second-order valence-electron chi connectivity index (χ2n) is 8.50. The summed E-state index contributed by atoms with van der Waals surface area (Å²) in [6.45, 7) is 3.61. The van der Waals surface area contributed by atoms with Crippen LogP contribution in [-0.2, 0) is 14.3 Å². The standard InChI is InChI=1S/C25H26FN3O7/c1-35-20-7-6-17(15-19(20)26)23(30)21-22(16-4-2-5-18(14-16)29(33)34)28(25(32)24(21)31)9-3-8-27-10-12-36-13-11-27/h2,4-7,14-15,22,30H,3,8-13H2,1H3/t22-/m0/s1. The monoisotopic (exact) mass is 499 g/mol. The van der Waals surface area contributed by atoms with Gasteiger partial charge in [-0.25, -0.2) is 4.39 Å². The van der Waals surface area contributed by atoms with Gasteiger partial charge in [0.25, 0.3) is 17.4 Å². The molecule has 0 aromatic heterocycles. The van der Waals surface area contributed by atoms with Crippen LogP contribution in [0, 0.1) is 15.9 Å². The summed E-state index contributed by atoms with van der Waals surface area (Å²) in [4.78, 5) is 40.5. The summed E-state index contributed by atoms with van der Waals surface area (Å²) in [5, 5.41) is 22.5. The minimum Gasteiger partial charge on any atom is -0.507 e. The molecule has 2 aromatic carbocycles. The first-order valence-electron chi connectivity index (χ1n) is 11.5. The zero-order valence-electron chi connectivity index (χ0n) is 19.7. The van der Waals surface area contributed by atoms with Crippen molar-refractivity contribution in [3.8, 4) is 5.75 Å². The number of nitro benzene ring substituents is 1. The van der Waals surface area contributed by atoms with E-state index in [1.165, 1.54) is 42.3 Å². The average Bonchev–Trinajstić information content (AvgIpc) is 3.14. The molecular formula is C25H26FN3O7. The number of hydrogen-bond donors (Lipinski definition) is 1. The lowest BCUT2D eigenvalue weighted by Crippen LogP contribution is -2.39. The van der Waals surface area contributed by atoms with Crippen LogP contribution in [0.3, 0.4) is 0 Å². The molecule has 0 bridgehead atoms. The van der Waals surface area contributed by atoms with E-state index in [9.17, 15) is 29.2 Å². The molecule has 1 N–H and O–H groups in total. The molecule has 1 amide bonds. The maximum absolute atomic E-state index is 14.3. The Kier molecular flexibility index (Phi) is 7.61. The van der Waals surface area contributed by atoms with Crippen molar-refractivity contribution in [1.29, 1.82) is 0 Å². The average molecular weight is 499 g/mol. The summed E-state index contributed by atoms with van der Waals surface area (Å²) in [7, 11) is 1.29. The van der Waals surface area contributed by atoms with Crippen molar-refractivity contribution in [3.05, 3.63) is 75.1 Å². The van der Waals surface area contributed by atoms with E-state index in [1.807, 2.05) is 0 Å². The molecule has 4 rings (SSSR count). The highest BCUT2D eigenvalue weighted by atomic mass is 19.1. The van der Waals surface area contributed by atoms with Gasteiger partial charge in [-0.2, -0.15) is 0 Å². The van der Waals surface area contributed by atoms with Crippen LogP contribution < -0.4 is 4.74 Å². The maximum atomic E-state index is 14.3. The molecule has 11 heteroatoms. The third-order valence-corrected chi connectivity index (χ3v) is 6.34. The largest absolute Gasteiger partial charge is 0.507 e. The summed E-state index contributed by atoms with van der Waals surface area (Å²) in [6.07, 6.45) is 0.537. The first-order chi connectivity index (χ1) is 17.3. The van der Waals surface area contributed by atoms with E-state index in [2.05, 4.69) is 4.90 Å². The lowest BCUT2D eigenvalue weighted by Gasteiger charge is -2.29. The third kappa shape index (κ3) is 5.07. The Bertz CT molecular complexity index is 1210. The molecule has 190 valence electrons. The highest BCUT2D eigenvalue weighted by Crippen LogP contribution is 2.40. The Hall–Kier alpha value is -3.83. The Labute approximate surface area is 206 Å². The van der Waals surface area contributed by atoms with Crippen LogP contribution in [0.2, 0.25) is 0 Å². The predicted molar refractivity (Wildman–Crippen MR) is 127 cm³/mol. The number of ketones is 1. The van der Waals surface area contributed by atoms with Gasteiger partial charge in [0.15, 0.2) is 11.6 Å². The zero-order valence-corrected chi connectivity index (χ0v) is 19.7. The van der Waals surface area contributed by atoms with Gasteiger partial charge in [-0.05, 0) is 30.2 Å². The number of carbonyl (C=O) groups is 2. The van der Waals surface area contributed by atoms with Crippen LogP contribution in [0.1, 0.15) is 23.6 Å². The fourth-order valence-corrected chi connectivity index (χ4v) is 4.52. The lowest BCUT2D eigenvalue weighted by molar-refractivity contribution is -0.384. The van der Waals surface area contributed by atoms with Crippen molar-refractivity contribution < 1.29 is 33.5 Å². The number of carbonyl (C=O) groups excluding carboxylic acids is 2. The Morgan fingerprint density at radius 1 is 1.19 bits per heavy atom. The second kappa shape index (κ2) is 10.8. The fraction of sp³-hybridized carbons (Fsp3) is 0.360. The van der Waals surface area contributed by atoms with E-state index in [0.29, 0.717) is 31.7 Å². The Balaban J connectivity index is 1.73. The van der Waals surface area contributed by atoms with Gasteiger partial charge in [0, 0.05) is 43.9 Å². The molecule has 0 unspecified atom stereocenters. The molecule has 0 saturated carbocycles. The van der Waals surface area contributed by atoms with Gasteiger partial charge in [0.1, 0.15) is 5.76 Å². The van der Waals surface area contributed by atoms with E-state index >= 15 is 0 Å². The van der Waals surface area contributed by atoms with Gasteiger partial charge in [-0.3, -0.25) is 24.6 Å². The second-order valence-corrected chi connectivity index (χ2v) is 8.50. The van der Waals surface area contributed by atoms with Crippen molar-refractivity contribution in [2.24, 2.45) is 0 Å². The first kappa shape index (κ1) is 25.3. The van der Waals surface area contributed by atoms with E-state index in [0.717, 1.165) is 19.2 Å². The predicted octanol–water partition coefficient (Wildman–Crippen LogP) is 2.89. The molecule has 2 aliphatic rings. The first-order valence-corrected chi connectivity index (χ1v) is 11.5. The van der Waals surface area contributed by atoms with Crippen LogP contribution in [-0.4, -0.2) is 78.0 Å². The normalized spacial score (nSPS) is 20.1. The zero-order chi connectivity index (χ0) is 25.8. The van der Waals surface area contributed by atoms with Gasteiger partial charge in [0.05, 0.1) is 36.9 Å². The number of morpholine rings is 1. The summed E-state index contributed by atoms with van der Waals surface area (Å²) in [5.41, 5.74) is -0.196. The molecular weight excluding hydrogens is 473 g/mol. The number of halogens is 1. The summed E-state index contributed by atoms with van der Waals surface area (Å²) in [6, 6.07) is 8.18. The molecule has 10 nitrogen and oxygen atoms in total. The molecule has 1 atom stereocenters. The van der Waals surface area contributed by atoms with E-state index < -0.39 is 34.2 Å². The molecule has 0 radical (unpaired) electrons. The van der Waals surface area contributed by atoms with Gasteiger partial charge in [0.2, 0.25) is 0 Å². The van der Waals surface area contributed by atoms with Gasteiger partial charge in [-0.1, -0.05) is 12.1 Å². The van der Waals surface area contributed by atoms with Crippen LogP contribution in [0.4, 0.5) is 10.1 Å². The summed E-state index contributed by atoms with van der Waals surface area (Å²) in [5.74, 6) is -3.14. The molecule has 2 fully saturated rings. The maximum Gasteiger partial charge on any atom is 0.295 e. The van der Waals surface area contributed by atoms with Gasteiger partial charge in [-0.15, -0.1) is 0 Å². The smallest absolute Gasteiger partial charge is 0.295 e. The number of likely N-dealkylation sites (tertiary alicyclic amines) is 1. The summed E-state index contributed by atoms with van der Waals surface area (Å²) >= 11 is 0. The topological polar surface area (TPSA) is 122 Å². The number of aliphatic hydroxyl groups is 1. The minimum absolute atomic E-state index is 0.0185. The van der Waals surface area contributed by atoms with Gasteiger partial charge >= 0.3 is 0 Å². The quantitative estimate of drug-likeness (QED) is 0.193. The third-order valence-electron chi connectivity index (χ3n) is 6.34. The number of ether oxygens (including phenoxy) is 2. The number of nitrogens with zero attached hydrogens (tertiary/aromatic N) is 3. The SMILES string of the molecule is COc1ccc(C(O)=C2C(=O)C(=O)N(CCCN3CCOCC3)[C@H]2c2cccc([N+](=O)[O-])c2)cc1F.